The lowest BCUT2D eigenvalue weighted by molar-refractivity contribution is -0.135. The van der Waals surface area contributed by atoms with Gasteiger partial charge in [0, 0.05) is 36.0 Å². The maximum Gasteiger partial charge on any atom is 0.323 e. The lowest BCUT2D eigenvalue weighted by Crippen LogP contribution is -2.46. The molecule has 0 saturated carbocycles. The number of carboxylic acid groups (broad SMARTS) is 1. The van der Waals surface area contributed by atoms with E-state index >= 15 is 0 Å². The van der Waals surface area contributed by atoms with Crippen LogP contribution in [0.1, 0.15) is 18.5 Å². The highest BCUT2D eigenvalue weighted by atomic mass is 19.1. The van der Waals surface area contributed by atoms with Crippen molar-refractivity contribution in [2.45, 2.75) is 25.5 Å². The summed E-state index contributed by atoms with van der Waals surface area (Å²) in [6.45, 7) is 1.49. The van der Waals surface area contributed by atoms with E-state index in [1.807, 2.05) is 17.0 Å². The van der Waals surface area contributed by atoms with E-state index in [4.69, 9.17) is 4.98 Å². The molecule has 1 aliphatic rings. The molecule has 4 aromatic rings. The number of nitrogens with zero attached hydrogens (tertiary/aromatic N) is 6. The summed E-state index contributed by atoms with van der Waals surface area (Å²) in [6, 6.07) is 11.8. The summed E-state index contributed by atoms with van der Waals surface area (Å²) in [5.74, 6) is -0.385. The second-order valence-corrected chi connectivity index (χ2v) is 9.19. The number of likely N-dealkylation sites (tertiary alicyclic amines) is 1. The van der Waals surface area contributed by atoms with Crippen molar-refractivity contribution in [3.63, 3.8) is 0 Å². The number of carbonyl (C=O) groups is 1. The Morgan fingerprint density at radius 1 is 1.19 bits per heavy atom. The first-order chi connectivity index (χ1) is 17.9. The molecule has 0 aliphatic carbocycles. The van der Waals surface area contributed by atoms with Gasteiger partial charge in [-0.25, -0.2) is 19.0 Å². The predicted molar refractivity (Wildman–Crippen MR) is 138 cm³/mol. The molecule has 4 heterocycles. The van der Waals surface area contributed by atoms with Crippen LogP contribution < -0.4 is 10.2 Å². The summed E-state index contributed by atoms with van der Waals surface area (Å²) in [4.78, 5) is 24.9. The zero-order valence-corrected chi connectivity index (χ0v) is 20.4. The summed E-state index contributed by atoms with van der Waals surface area (Å²) >= 11 is 0. The number of nitrogens with one attached hydrogen (secondary N) is 1. The predicted octanol–water partition coefficient (Wildman–Crippen LogP) is 3.18. The van der Waals surface area contributed by atoms with Crippen molar-refractivity contribution < 1.29 is 19.4 Å². The average Bonchev–Trinajstić information content (AvgIpc) is 3.38. The first kappa shape index (κ1) is 24.6. The molecule has 3 N–H and O–H groups in total. The fourth-order valence-electron chi connectivity index (χ4n) is 4.56. The van der Waals surface area contributed by atoms with Crippen molar-refractivity contribution in [2.75, 3.05) is 36.9 Å². The van der Waals surface area contributed by atoms with Crippen LogP contribution in [0.3, 0.4) is 0 Å². The maximum absolute atomic E-state index is 14.9. The van der Waals surface area contributed by atoms with Gasteiger partial charge in [-0.05, 0) is 63.3 Å². The minimum atomic E-state index is -0.903. The minimum Gasteiger partial charge on any atom is -0.480 e. The lowest BCUT2D eigenvalue weighted by atomic mass is 10.0. The Morgan fingerprint density at radius 3 is 2.70 bits per heavy atom. The fraction of sp³-hybridized carbons (Fsp3) is 0.308. The number of carboxylic acids is 1. The van der Waals surface area contributed by atoms with Crippen LogP contribution in [0.2, 0.25) is 0 Å². The molecular weight excluding hydrogens is 477 g/mol. The van der Waals surface area contributed by atoms with Crippen molar-refractivity contribution in [3.8, 4) is 5.69 Å². The van der Waals surface area contributed by atoms with Gasteiger partial charge in [0.25, 0.3) is 0 Å². The van der Waals surface area contributed by atoms with Gasteiger partial charge >= 0.3 is 5.97 Å². The van der Waals surface area contributed by atoms with Gasteiger partial charge in [-0.2, -0.15) is 5.10 Å². The molecule has 0 atom stereocenters. The first-order valence-corrected chi connectivity index (χ1v) is 12.1. The highest BCUT2D eigenvalue weighted by Gasteiger charge is 2.26. The van der Waals surface area contributed by atoms with Gasteiger partial charge in [-0.15, -0.1) is 0 Å². The number of piperidine rings is 1. The van der Waals surface area contributed by atoms with Gasteiger partial charge < -0.3 is 25.3 Å². The summed E-state index contributed by atoms with van der Waals surface area (Å²) in [5, 5.41) is 26.7. The number of pyridine rings is 2. The van der Waals surface area contributed by atoms with E-state index in [-0.39, 0.29) is 24.9 Å². The van der Waals surface area contributed by atoms with Crippen LogP contribution in [0.5, 0.6) is 0 Å². The Labute approximate surface area is 213 Å². The Morgan fingerprint density at radius 2 is 2.00 bits per heavy atom. The number of aromatic nitrogens is 4. The molecular formula is C26H28FN7O3. The lowest BCUT2D eigenvalue weighted by Gasteiger charge is -2.37. The van der Waals surface area contributed by atoms with Crippen LogP contribution in [0.25, 0.3) is 16.6 Å². The summed E-state index contributed by atoms with van der Waals surface area (Å²) in [7, 11) is 2.06. The molecule has 1 aliphatic heterocycles. The second-order valence-electron chi connectivity index (χ2n) is 9.19. The number of hydrogen-bond acceptors (Lipinski definition) is 8. The molecule has 0 radical (unpaired) electrons. The molecule has 3 aromatic heterocycles. The molecule has 37 heavy (non-hydrogen) atoms. The number of hydrogen-bond donors (Lipinski definition) is 3. The molecule has 192 valence electrons. The third kappa shape index (κ3) is 5.52. The molecule has 1 aromatic carbocycles. The van der Waals surface area contributed by atoms with Gasteiger partial charge in [0.2, 0.25) is 0 Å². The standard InChI is InChI=1S/C26H28FN7O3/c1-32-9-7-19(8-10-32)33(15-26(36)37)25-5-2-17-14-28-24(13-23(17)30-25)29-22-4-3-20(12-21(22)27)34-11-6-18(16-35)31-34/h2-6,11-14,19,35H,7-10,15-16H2,1H3,(H,28,29)(H,36,37). The number of aliphatic hydroxyl groups is 1. The zero-order valence-electron chi connectivity index (χ0n) is 20.4. The molecule has 0 spiro atoms. The van der Waals surface area contributed by atoms with Crippen molar-refractivity contribution in [1.29, 1.82) is 0 Å². The van der Waals surface area contributed by atoms with E-state index in [2.05, 4.69) is 27.3 Å². The summed E-state index contributed by atoms with van der Waals surface area (Å²) in [5.41, 5.74) is 1.88. The number of anilines is 3. The Hall–Kier alpha value is -4.09. The van der Waals surface area contributed by atoms with Gasteiger partial charge in [-0.1, -0.05) is 0 Å². The van der Waals surface area contributed by atoms with Crippen LogP contribution in [0.4, 0.5) is 21.7 Å². The second kappa shape index (κ2) is 10.5. The molecule has 5 rings (SSSR count). The molecule has 0 bridgehead atoms. The van der Waals surface area contributed by atoms with Crippen LogP contribution in [0.15, 0.2) is 54.9 Å². The third-order valence-electron chi connectivity index (χ3n) is 6.57. The molecule has 1 saturated heterocycles. The fourth-order valence-corrected chi connectivity index (χ4v) is 4.56. The van der Waals surface area contributed by atoms with Crippen molar-refractivity contribution in [3.05, 3.63) is 66.4 Å². The average molecular weight is 506 g/mol. The first-order valence-electron chi connectivity index (χ1n) is 12.1. The molecule has 1 fully saturated rings. The highest BCUT2D eigenvalue weighted by molar-refractivity contribution is 5.83. The summed E-state index contributed by atoms with van der Waals surface area (Å²) in [6.07, 6.45) is 5.03. The van der Waals surface area contributed by atoms with E-state index in [9.17, 15) is 19.4 Å². The molecule has 10 nitrogen and oxygen atoms in total. The number of fused-ring (bicyclic) bond motifs is 1. The highest BCUT2D eigenvalue weighted by Crippen LogP contribution is 2.27. The van der Waals surface area contributed by atoms with Crippen molar-refractivity contribution >= 4 is 34.2 Å². The maximum atomic E-state index is 14.9. The Kier molecular flexibility index (Phi) is 6.97. The van der Waals surface area contributed by atoms with Gasteiger partial charge in [-0.3, -0.25) is 4.79 Å². The number of rotatable bonds is 8. The van der Waals surface area contributed by atoms with Crippen LogP contribution >= 0.6 is 0 Å². The van der Waals surface area contributed by atoms with Crippen molar-refractivity contribution in [1.82, 2.24) is 24.6 Å². The van der Waals surface area contributed by atoms with Crippen LogP contribution in [-0.2, 0) is 11.4 Å². The quantitative estimate of drug-likeness (QED) is 0.332. The van der Waals surface area contributed by atoms with E-state index in [0.29, 0.717) is 28.5 Å². The number of aliphatic hydroxyl groups excluding tert-OH is 1. The zero-order chi connectivity index (χ0) is 25.9. The van der Waals surface area contributed by atoms with E-state index in [1.54, 1.807) is 36.7 Å². The van der Waals surface area contributed by atoms with E-state index < -0.39 is 11.8 Å². The third-order valence-corrected chi connectivity index (χ3v) is 6.57. The number of halogens is 1. The van der Waals surface area contributed by atoms with E-state index in [1.165, 1.54) is 10.7 Å². The van der Waals surface area contributed by atoms with Gasteiger partial charge in [0.15, 0.2) is 0 Å². The van der Waals surface area contributed by atoms with Gasteiger partial charge in [0.05, 0.1) is 29.2 Å². The van der Waals surface area contributed by atoms with Crippen molar-refractivity contribution in [2.24, 2.45) is 0 Å². The normalized spacial score (nSPS) is 14.7. The number of aliphatic carboxylic acids is 1. The topological polar surface area (TPSA) is 120 Å². The van der Waals surface area contributed by atoms with E-state index in [0.717, 1.165) is 31.3 Å². The monoisotopic (exact) mass is 505 g/mol. The largest absolute Gasteiger partial charge is 0.480 e. The van der Waals surface area contributed by atoms with Gasteiger partial charge in [0.1, 0.15) is 24.0 Å². The molecule has 11 heteroatoms. The van der Waals surface area contributed by atoms with Crippen LogP contribution in [-0.4, -0.2) is 73.6 Å². The Balaban J connectivity index is 1.39. The Bertz CT molecular complexity index is 1420. The molecule has 0 unspecified atom stereocenters. The smallest absolute Gasteiger partial charge is 0.323 e. The summed E-state index contributed by atoms with van der Waals surface area (Å²) < 4.78 is 16.4. The minimum absolute atomic E-state index is 0.0903. The molecule has 0 amide bonds. The number of benzene rings is 1. The van der Waals surface area contributed by atoms with Crippen LogP contribution in [0, 0.1) is 5.82 Å². The SMILES string of the molecule is CN1CCC(N(CC(=O)O)c2ccc3cnc(Nc4ccc(-n5ccc(CO)n5)cc4F)cc3n2)CC1.